The predicted octanol–water partition coefficient (Wildman–Crippen LogP) is 2.87. The Bertz CT molecular complexity index is 60.3. The largest absolute Gasteiger partial charge is 0.381 e. The third-order valence-corrected chi connectivity index (χ3v) is 2.80. The van der Waals surface area contributed by atoms with Gasteiger partial charge in [0.2, 0.25) is 0 Å². The molecule has 62 valence electrons. The summed E-state index contributed by atoms with van der Waals surface area (Å²) < 4.78 is 6.50. The van der Waals surface area contributed by atoms with E-state index in [2.05, 4.69) is 22.6 Å². The molecule has 1 aliphatic rings. The molecule has 0 unspecified atom stereocenters. The third kappa shape index (κ3) is 4.50. The average Bonchev–Trinajstić information content (AvgIpc) is 2.10. The van der Waals surface area contributed by atoms with Crippen molar-refractivity contribution in [2.45, 2.75) is 26.7 Å². The molecular formula is C8H17IO. The Morgan fingerprint density at radius 1 is 1.30 bits per heavy atom. The highest BCUT2D eigenvalue weighted by molar-refractivity contribution is 14.1. The van der Waals surface area contributed by atoms with Crippen molar-refractivity contribution in [1.29, 1.82) is 0 Å². The van der Waals surface area contributed by atoms with Gasteiger partial charge in [-0.15, -0.1) is 0 Å². The van der Waals surface area contributed by atoms with Crippen molar-refractivity contribution in [3.8, 4) is 0 Å². The molecule has 1 nitrogen and oxygen atoms in total. The van der Waals surface area contributed by atoms with E-state index in [0.717, 1.165) is 19.1 Å². The fourth-order valence-electron chi connectivity index (χ4n) is 0.901. The van der Waals surface area contributed by atoms with Gasteiger partial charge in [0.25, 0.3) is 0 Å². The van der Waals surface area contributed by atoms with Gasteiger partial charge in [0, 0.05) is 17.6 Å². The van der Waals surface area contributed by atoms with Crippen LogP contribution >= 0.6 is 22.6 Å². The summed E-state index contributed by atoms with van der Waals surface area (Å²) in [4.78, 5) is 0. The van der Waals surface area contributed by atoms with Gasteiger partial charge in [-0.3, -0.25) is 0 Å². The third-order valence-electron chi connectivity index (χ3n) is 1.56. The van der Waals surface area contributed by atoms with E-state index in [-0.39, 0.29) is 0 Å². The molecule has 0 atom stereocenters. The summed E-state index contributed by atoms with van der Waals surface area (Å²) in [6.07, 6.45) is 2.56. The molecule has 0 aromatic heterocycles. The van der Waals surface area contributed by atoms with Crippen molar-refractivity contribution < 1.29 is 4.74 Å². The molecule has 0 spiro atoms. The fourth-order valence-corrected chi connectivity index (χ4v) is 1.78. The Hall–Kier alpha value is 0.690. The average molecular weight is 256 g/mol. The summed E-state index contributed by atoms with van der Waals surface area (Å²) in [7, 11) is 0. The second kappa shape index (κ2) is 7.79. The topological polar surface area (TPSA) is 9.23 Å². The Morgan fingerprint density at radius 3 is 2.10 bits per heavy atom. The molecule has 0 aromatic rings. The molecule has 2 heteroatoms. The number of hydrogen-bond acceptors (Lipinski definition) is 1. The number of rotatable bonds is 1. The second-order valence-corrected chi connectivity index (χ2v) is 3.09. The lowest BCUT2D eigenvalue weighted by Crippen LogP contribution is -2.16. The van der Waals surface area contributed by atoms with E-state index >= 15 is 0 Å². The van der Waals surface area contributed by atoms with Crippen molar-refractivity contribution in [2.75, 3.05) is 17.6 Å². The van der Waals surface area contributed by atoms with Crippen LogP contribution in [0, 0.1) is 5.92 Å². The van der Waals surface area contributed by atoms with Crippen molar-refractivity contribution >= 4 is 22.6 Å². The van der Waals surface area contributed by atoms with Gasteiger partial charge in [0.1, 0.15) is 0 Å². The lowest BCUT2D eigenvalue weighted by Gasteiger charge is -2.18. The van der Waals surface area contributed by atoms with E-state index in [1.165, 1.54) is 17.3 Å². The fraction of sp³-hybridized carbons (Fsp3) is 1.00. The maximum absolute atomic E-state index is 5.20. The highest BCUT2D eigenvalue weighted by Gasteiger charge is 2.10. The van der Waals surface area contributed by atoms with Crippen LogP contribution in [-0.2, 0) is 4.74 Å². The van der Waals surface area contributed by atoms with Crippen molar-refractivity contribution in [3.63, 3.8) is 0 Å². The normalized spacial score (nSPS) is 19.5. The molecule has 0 aromatic carbocycles. The lowest BCUT2D eigenvalue weighted by atomic mass is 10.0. The number of alkyl halides is 1. The maximum atomic E-state index is 5.20. The van der Waals surface area contributed by atoms with Gasteiger partial charge in [0.05, 0.1) is 0 Å². The minimum absolute atomic E-state index is 0.948. The van der Waals surface area contributed by atoms with Crippen LogP contribution in [-0.4, -0.2) is 17.6 Å². The smallest absolute Gasteiger partial charge is 0.0468 e. The van der Waals surface area contributed by atoms with Crippen LogP contribution in [0.3, 0.4) is 0 Å². The van der Waals surface area contributed by atoms with E-state index in [0.29, 0.717) is 0 Å². The molecular weight excluding hydrogens is 239 g/mol. The zero-order chi connectivity index (χ0) is 7.82. The summed E-state index contributed by atoms with van der Waals surface area (Å²) in [5.74, 6) is 0.948. The zero-order valence-electron chi connectivity index (χ0n) is 6.90. The van der Waals surface area contributed by atoms with Gasteiger partial charge in [-0.2, -0.15) is 0 Å². The Kier molecular flexibility index (Phi) is 8.33. The molecule has 1 rings (SSSR count). The van der Waals surface area contributed by atoms with Crippen molar-refractivity contribution in [2.24, 2.45) is 5.92 Å². The van der Waals surface area contributed by atoms with Gasteiger partial charge >= 0.3 is 0 Å². The summed E-state index contributed by atoms with van der Waals surface area (Å²) in [5, 5.41) is 0. The van der Waals surface area contributed by atoms with E-state index in [1.807, 2.05) is 13.8 Å². The van der Waals surface area contributed by atoms with Crippen LogP contribution < -0.4 is 0 Å². The first-order chi connectivity index (χ1) is 4.93. The number of hydrogen-bond donors (Lipinski definition) is 0. The lowest BCUT2D eigenvalue weighted by molar-refractivity contribution is 0.0735. The van der Waals surface area contributed by atoms with Gasteiger partial charge in [-0.05, 0) is 18.8 Å². The molecule has 0 aliphatic carbocycles. The molecule has 0 saturated carbocycles. The molecule has 1 fully saturated rings. The van der Waals surface area contributed by atoms with E-state index < -0.39 is 0 Å². The number of halogens is 1. The van der Waals surface area contributed by atoms with Crippen LogP contribution in [0.5, 0.6) is 0 Å². The minimum atomic E-state index is 0.948. The minimum Gasteiger partial charge on any atom is -0.381 e. The standard InChI is InChI=1S/C6H11IO.C2H6/c7-5-6-1-3-8-4-2-6;1-2/h6H,1-5H2;1-2H3. The summed E-state index contributed by atoms with van der Waals surface area (Å²) >= 11 is 2.45. The first-order valence-corrected chi connectivity index (χ1v) is 5.59. The van der Waals surface area contributed by atoms with Gasteiger partial charge in [0.15, 0.2) is 0 Å². The van der Waals surface area contributed by atoms with Gasteiger partial charge in [-0.25, -0.2) is 0 Å². The summed E-state index contributed by atoms with van der Waals surface area (Å²) in [6, 6.07) is 0. The van der Waals surface area contributed by atoms with Crippen LogP contribution in [0.25, 0.3) is 0 Å². The van der Waals surface area contributed by atoms with Crippen LogP contribution in [0.1, 0.15) is 26.7 Å². The highest BCUT2D eigenvalue weighted by atomic mass is 127. The van der Waals surface area contributed by atoms with Crippen LogP contribution in [0.4, 0.5) is 0 Å². The quantitative estimate of drug-likeness (QED) is 0.517. The van der Waals surface area contributed by atoms with Crippen molar-refractivity contribution in [3.05, 3.63) is 0 Å². The van der Waals surface area contributed by atoms with Gasteiger partial charge < -0.3 is 4.74 Å². The summed E-state index contributed by atoms with van der Waals surface area (Å²) in [6.45, 7) is 5.99. The molecule has 10 heavy (non-hydrogen) atoms. The molecule has 0 bridgehead atoms. The SMILES string of the molecule is CC.ICC1CCOCC1. The number of ether oxygens (including phenoxy) is 1. The van der Waals surface area contributed by atoms with Crippen molar-refractivity contribution in [1.82, 2.24) is 0 Å². The second-order valence-electron chi connectivity index (χ2n) is 2.21. The molecule has 0 N–H and O–H groups in total. The van der Waals surface area contributed by atoms with Crippen LogP contribution in [0.15, 0.2) is 0 Å². The summed E-state index contributed by atoms with van der Waals surface area (Å²) in [5.41, 5.74) is 0. The van der Waals surface area contributed by atoms with E-state index in [4.69, 9.17) is 4.74 Å². The molecule has 1 saturated heterocycles. The van der Waals surface area contributed by atoms with E-state index in [1.54, 1.807) is 0 Å². The maximum Gasteiger partial charge on any atom is 0.0468 e. The molecule has 0 amide bonds. The first-order valence-electron chi connectivity index (χ1n) is 4.07. The Labute approximate surface area is 77.7 Å². The van der Waals surface area contributed by atoms with E-state index in [9.17, 15) is 0 Å². The molecule has 1 heterocycles. The Morgan fingerprint density at radius 2 is 1.80 bits per heavy atom. The van der Waals surface area contributed by atoms with Gasteiger partial charge in [-0.1, -0.05) is 36.4 Å². The Balaban J connectivity index is 0.000000371. The molecule has 1 aliphatic heterocycles. The predicted molar refractivity (Wildman–Crippen MR) is 53.8 cm³/mol. The highest BCUT2D eigenvalue weighted by Crippen LogP contribution is 2.16. The monoisotopic (exact) mass is 256 g/mol. The van der Waals surface area contributed by atoms with Crippen LogP contribution in [0.2, 0.25) is 0 Å². The zero-order valence-corrected chi connectivity index (χ0v) is 9.06. The molecule has 0 radical (unpaired) electrons. The first kappa shape index (κ1) is 10.7.